The second-order valence-electron chi connectivity index (χ2n) is 5.63. The predicted molar refractivity (Wildman–Crippen MR) is 89.9 cm³/mol. The van der Waals surface area contributed by atoms with Crippen LogP contribution in [0.3, 0.4) is 0 Å². The van der Waals surface area contributed by atoms with Crippen LogP contribution in [-0.4, -0.2) is 27.7 Å². The third kappa shape index (κ3) is 3.40. The van der Waals surface area contributed by atoms with Crippen molar-refractivity contribution in [3.05, 3.63) is 40.6 Å². The Hall–Kier alpha value is -1.86. The molecule has 1 saturated carbocycles. The molecular weight excluding hydrogens is 334 g/mol. The van der Waals surface area contributed by atoms with Gasteiger partial charge in [0.1, 0.15) is 10.6 Å². The Morgan fingerprint density at radius 1 is 1.35 bits per heavy atom. The van der Waals surface area contributed by atoms with Crippen LogP contribution in [0.1, 0.15) is 17.9 Å². The van der Waals surface area contributed by atoms with E-state index in [-0.39, 0.29) is 28.4 Å². The summed E-state index contributed by atoms with van der Waals surface area (Å²) >= 11 is 1.62. The molecule has 0 saturated heterocycles. The minimum atomic E-state index is -3.43. The van der Waals surface area contributed by atoms with Gasteiger partial charge in [0.05, 0.1) is 7.11 Å². The molecule has 0 unspecified atom stereocenters. The molecule has 0 radical (unpaired) electrons. The van der Waals surface area contributed by atoms with E-state index >= 15 is 0 Å². The number of nitrogens with one attached hydrogen (secondary N) is 1. The topological polar surface area (TPSA) is 72.5 Å². The van der Waals surface area contributed by atoms with E-state index in [1.165, 1.54) is 18.7 Å². The van der Waals surface area contributed by atoms with Crippen molar-refractivity contribution < 1.29 is 17.9 Å². The van der Waals surface area contributed by atoms with Gasteiger partial charge in [-0.2, -0.15) is 11.3 Å². The number of rotatable bonds is 5. The maximum Gasteiger partial charge on any atom is 0.228 e. The number of carbonyl (C=O) groups excluding carboxylic acids is 1. The molecule has 1 fully saturated rings. The van der Waals surface area contributed by atoms with Crippen LogP contribution < -0.4 is 10.1 Å². The minimum absolute atomic E-state index is 0.0478. The summed E-state index contributed by atoms with van der Waals surface area (Å²) in [6, 6.07) is 6.68. The Bertz CT molecular complexity index is 828. The third-order valence-corrected chi connectivity index (χ3v) is 5.75. The molecule has 23 heavy (non-hydrogen) atoms. The van der Waals surface area contributed by atoms with Crippen LogP contribution in [0.2, 0.25) is 0 Å². The van der Waals surface area contributed by atoms with Gasteiger partial charge in [-0.3, -0.25) is 4.79 Å². The Kier molecular flexibility index (Phi) is 4.16. The molecule has 122 valence electrons. The van der Waals surface area contributed by atoms with Crippen LogP contribution in [0.5, 0.6) is 5.75 Å². The van der Waals surface area contributed by atoms with Gasteiger partial charge < -0.3 is 10.1 Å². The number of methoxy groups -OCH3 is 1. The van der Waals surface area contributed by atoms with Crippen molar-refractivity contribution in [1.82, 2.24) is 0 Å². The van der Waals surface area contributed by atoms with Crippen molar-refractivity contribution in [2.24, 2.45) is 5.92 Å². The summed E-state index contributed by atoms with van der Waals surface area (Å²) in [6.07, 6.45) is 1.95. The second-order valence-corrected chi connectivity index (χ2v) is 8.40. The van der Waals surface area contributed by atoms with E-state index in [1.807, 2.05) is 11.4 Å². The lowest BCUT2D eigenvalue weighted by Gasteiger charge is -2.10. The summed E-state index contributed by atoms with van der Waals surface area (Å²) in [4.78, 5) is 12.4. The molecule has 1 aliphatic rings. The molecule has 1 N–H and O–H groups in total. The standard InChI is InChI=1S/C16H17NO4S2/c1-21-14-4-3-11(7-15(14)23(2,19)20)17-16(18)13-8-12(13)10-5-6-22-9-10/h3-7,9,12-13H,8H2,1-2H3,(H,17,18)/t12-,13+/m0/s1. The lowest BCUT2D eigenvalue weighted by molar-refractivity contribution is -0.117. The fourth-order valence-corrected chi connectivity index (χ4v) is 4.20. The molecule has 7 heteroatoms. The van der Waals surface area contributed by atoms with Gasteiger partial charge in [-0.05, 0) is 52.9 Å². The van der Waals surface area contributed by atoms with Crippen LogP contribution in [0.15, 0.2) is 39.9 Å². The van der Waals surface area contributed by atoms with Gasteiger partial charge >= 0.3 is 0 Å². The first kappa shape index (κ1) is 16.0. The molecular formula is C16H17NO4S2. The van der Waals surface area contributed by atoms with Gasteiger partial charge in [0.25, 0.3) is 0 Å². The molecule has 1 aromatic heterocycles. The number of benzene rings is 1. The van der Waals surface area contributed by atoms with Gasteiger partial charge in [-0.15, -0.1) is 0 Å². The van der Waals surface area contributed by atoms with Crippen molar-refractivity contribution in [1.29, 1.82) is 0 Å². The Labute approximate surface area is 139 Å². The number of sulfone groups is 1. The number of anilines is 1. The van der Waals surface area contributed by atoms with E-state index in [0.29, 0.717) is 5.69 Å². The SMILES string of the molecule is COc1ccc(NC(=O)[C@@H]2C[C@H]2c2ccsc2)cc1S(C)(=O)=O. The van der Waals surface area contributed by atoms with Crippen LogP contribution in [-0.2, 0) is 14.6 Å². The maximum atomic E-state index is 12.3. The molecule has 0 spiro atoms. The zero-order chi connectivity index (χ0) is 16.6. The van der Waals surface area contributed by atoms with Crippen LogP contribution >= 0.6 is 11.3 Å². The highest BCUT2D eigenvalue weighted by Crippen LogP contribution is 2.48. The second kappa shape index (κ2) is 5.98. The first-order valence-corrected chi connectivity index (χ1v) is 9.94. The largest absolute Gasteiger partial charge is 0.495 e. The van der Waals surface area contributed by atoms with E-state index < -0.39 is 9.84 Å². The average molecular weight is 351 g/mol. The van der Waals surface area contributed by atoms with E-state index in [1.54, 1.807) is 23.5 Å². The number of hydrogen-bond acceptors (Lipinski definition) is 5. The van der Waals surface area contributed by atoms with Gasteiger partial charge in [0, 0.05) is 17.9 Å². The molecule has 0 aliphatic heterocycles. The molecule has 0 bridgehead atoms. The molecule has 1 heterocycles. The maximum absolute atomic E-state index is 12.3. The number of ether oxygens (including phenoxy) is 1. The fraction of sp³-hybridized carbons (Fsp3) is 0.312. The van der Waals surface area contributed by atoms with E-state index in [4.69, 9.17) is 4.74 Å². The molecule has 1 aromatic carbocycles. The molecule has 1 aliphatic carbocycles. The lowest BCUT2D eigenvalue weighted by Crippen LogP contribution is -2.15. The molecule has 5 nitrogen and oxygen atoms in total. The first-order chi connectivity index (χ1) is 10.9. The summed E-state index contributed by atoms with van der Waals surface area (Å²) in [5.74, 6) is 0.418. The monoisotopic (exact) mass is 351 g/mol. The zero-order valence-corrected chi connectivity index (χ0v) is 14.4. The van der Waals surface area contributed by atoms with Gasteiger partial charge in [-0.25, -0.2) is 8.42 Å². The Morgan fingerprint density at radius 2 is 2.13 bits per heavy atom. The minimum Gasteiger partial charge on any atom is -0.495 e. The average Bonchev–Trinajstić information content (AvgIpc) is 3.12. The summed E-state index contributed by atoms with van der Waals surface area (Å²) in [6.45, 7) is 0. The van der Waals surface area contributed by atoms with E-state index in [2.05, 4.69) is 10.7 Å². The van der Waals surface area contributed by atoms with Gasteiger partial charge in [-0.1, -0.05) is 0 Å². The van der Waals surface area contributed by atoms with Crippen LogP contribution in [0.25, 0.3) is 0 Å². The van der Waals surface area contributed by atoms with E-state index in [9.17, 15) is 13.2 Å². The van der Waals surface area contributed by atoms with E-state index in [0.717, 1.165) is 12.7 Å². The highest BCUT2D eigenvalue weighted by Gasteiger charge is 2.44. The normalized spacial score (nSPS) is 20.1. The summed E-state index contributed by atoms with van der Waals surface area (Å²) in [7, 11) is -2.02. The fourth-order valence-electron chi connectivity index (χ4n) is 2.62. The van der Waals surface area contributed by atoms with Crippen molar-refractivity contribution in [3.8, 4) is 5.75 Å². The quantitative estimate of drug-likeness (QED) is 0.899. The first-order valence-electron chi connectivity index (χ1n) is 7.11. The highest BCUT2D eigenvalue weighted by atomic mass is 32.2. The molecule has 1 amide bonds. The predicted octanol–water partition coefficient (Wildman–Crippen LogP) is 2.90. The Balaban J connectivity index is 1.75. The van der Waals surface area contributed by atoms with Crippen molar-refractivity contribution in [2.45, 2.75) is 17.2 Å². The summed E-state index contributed by atoms with van der Waals surface area (Å²) < 4.78 is 28.7. The van der Waals surface area contributed by atoms with Crippen LogP contribution in [0.4, 0.5) is 5.69 Å². The third-order valence-electron chi connectivity index (χ3n) is 3.93. The number of hydrogen-bond donors (Lipinski definition) is 1. The summed E-state index contributed by atoms with van der Waals surface area (Å²) in [5, 5.41) is 6.87. The van der Waals surface area contributed by atoms with Gasteiger partial charge in [0.15, 0.2) is 9.84 Å². The number of amides is 1. The van der Waals surface area contributed by atoms with Crippen molar-refractivity contribution in [3.63, 3.8) is 0 Å². The van der Waals surface area contributed by atoms with Crippen LogP contribution in [0, 0.1) is 5.92 Å². The number of thiophene rings is 1. The highest BCUT2D eigenvalue weighted by molar-refractivity contribution is 7.90. The summed E-state index contributed by atoms with van der Waals surface area (Å²) in [5.41, 5.74) is 1.66. The molecule has 2 atom stereocenters. The zero-order valence-electron chi connectivity index (χ0n) is 12.8. The number of carbonyl (C=O) groups is 1. The van der Waals surface area contributed by atoms with Crippen molar-refractivity contribution >= 4 is 32.8 Å². The Morgan fingerprint density at radius 3 is 2.74 bits per heavy atom. The smallest absolute Gasteiger partial charge is 0.228 e. The van der Waals surface area contributed by atoms with Crippen molar-refractivity contribution in [2.75, 3.05) is 18.7 Å². The molecule has 2 aromatic rings. The lowest BCUT2D eigenvalue weighted by atomic mass is 10.2. The molecule has 3 rings (SSSR count). The van der Waals surface area contributed by atoms with Gasteiger partial charge in [0.2, 0.25) is 5.91 Å².